The van der Waals surface area contributed by atoms with Crippen LogP contribution in [0.4, 0.5) is 0 Å². The Morgan fingerprint density at radius 3 is 2.18 bits per heavy atom. The largest absolute Gasteiger partial charge is 0.512 e. The maximum absolute atomic E-state index is 11.0. The number of aliphatic hydroxyl groups excluding tert-OH is 1. The number of carbonyl (C=O) groups excluding carboxylic acids is 1. The first-order chi connectivity index (χ1) is 5.00. The van der Waals surface area contributed by atoms with Gasteiger partial charge in [0.15, 0.2) is 5.78 Å². The molecule has 0 saturated carbocycles. The third-order valence-electron chi connectivity index (χ3n) is 1.67. The summed E-state index contributed by atoms with van der Waals surface area (Å²) in [5.74, 6) is 0.290. The summed E-state index contributed by atoms with van der Waals surface area (Å²) in [7, 11) is 0. The Morgan fingerprint density at radius 1 is 1.45 bits per heavy atom. The standard InChI is InChI=1S/C9H16O2/c1-5-8(10)7(4)9(11)6(2)3/h6,11H,5H2,1-4H3/b9-7-. The summed E-state index contributed by atoms with van der Waals surface area (Å²) < 4.78 is 0. The van der Waals surface area contributed by atoms with Crippen LogP contribution in [0.1, 0.15) is 34.1 Å². The quantitative estimate of drug-likeness (QED) is 0.503. The molecule has 0 rings (SSSR count). The van der Waals surface area contributed by atoms with E-state index in [9.17, 15) is 9.90 Å². The van der Waals surface area contributed by atoms with Crippen LogP contribution in [0.15, 0.2) is 11.3 Å². The molecule has 1 N–H and O–H groups in total. The van der Waals surface area contributed by atoms with E-state index >= 15 is 0 Å². The Labute approximate surface area is 67.9 Å². The van der Waals surface area contributed by atoms with Gasteiger partial charge in [0.25, 0.3) is 0 Å². The first-order valence-corrected chi connectivity index (χ1v) is 3.93. The zero-order valence-electron chi connectivity index (χ0n) is 7.64. The van der Waals surface area contributed by atoms with Gasteiger partial charge in [0, 0.05) is 17.9 Å². The van der Waals surface area contributed by atoms with Gasteiger partial charge >= 0.3 is 0 Å². The minimum atomic E-state index is 0.0243. The lowest BCUT2D eigenvalue weighted by atomic mass is 10.0. The fourth-order valence-corrected chi connectivity index (χ4v) is 0.841. The fourth-order valence-electron chi connectivity index (χ4n) is 0.841. The third-order valence-corrected chi connectivity index (χ3v) is 1.67. The molecule has 0 spiro atoms. The summed E-state index contributed by atoms with van der Waals surface area (Å²) in [5.41, 5.74) is 0.502. The number of hydrogen-bond acceptors (Lipinski definition) is 2. The van der Waals surface area contributed by atoms with Crippen molar-refractivity contribution < 1.29 is 9.90 Å². The molecule has 0 amide bonds. The molecule has 0 bridgehead atoms. The highest BCUT2D eigenvalue weighted by molar-refractivity contribution is 5.94. The Morgan fingerprint density at radius 2 is 1.91 bits per heavy atom. The number of ketones is 1. The lowest BCUT2D eigenvalue weighted by molar-refractivity contribution is -0.115. The van der Waals surface area contributed by atoms with Crippen LogP contribution in [0.25, 0.3) is 0 Å². The van der Waals surface area contributed by atoms with Gasteiger partial charge in [-0.05, 0) is 6.92 Å². The molecule has 2 heteroatoms. The Balaban J connectivity index is 4.52. The molecule has 0 aromatic carbocycles. The van der Waals surface area contributed by atoms with Gasteiger partial charge in [-0.25, -0.2) is 0 Å². The Hall–Kier alpha value is -0.790. The SMILES string of the molecule is CCC(=O)/C(C)=C(\O)C(C)C. The second-order valence-corrected chi connectivity index (χ2v) is 2.94. The molecule has 0 fully saturated rings. The highest BCUT2D eigenvalue weighted by atomic mass is 16.3. The summed E-state index contributed by atoms with van der Waals surface area (Å²) in [6, 6.07) is 0. The second-order valence-electron chi connectivity index (χ2n) is 2.94. The molecular weight excluding hydrogens is 140 g/mol. The topological polar surface area (TPSA) is 37.3 Å². The van der Waals surface area contributed by atoms with Crippen LogP contribution in [-0.4, -0.2) is 10.9 Å². The molecule has 0 unspecified atom stereocenters. The summed E-state index contributed by atoms with van der Waals surface area (Å²) in [6.45, 7) is 7.18. The van der Waals surface area contributed by atoms with E-state index in [4.69, 9.17) is 0 Å². The van der Waals surface area contributed by atoms with E-state index in [1.165, 1.54) is 0 Å². The summed E-state index contributed by atoms with van der Waals surface area (Å²) in [6.07, 6.45) is 0.461. The molecule has 0 saturated heterocycles. The van der Waals surface area contributed by atoms with Gasteiger partial charge < -0.3 is 5.11 Å². The van der Waals surface area contributed by atoms with Crippen molar-refractivity contribution in [1.29, 1.82) is 0 Å². The molecule has 0 atom stereocenters. The van der Waals surface area contributed by atoms with Crippen molar-refractivity contribution in [2.24, 2.45) is 5.92 Å². The van der Waals surface area contributed by atoms with Crippen molar-refractivity contribution in [1.82, 2.24) is 0 Å². The van der Waals surface area contributed by atoms with Crippen LogP contribution >= 0.6 is 0 Å². The first-order valence-electron chi connectivity index (χ1n) is 3.93. The van der Waals surface area contributed by atoms with Crippen LogP contribution in [0.5, 0.6) is 0 Å². The number of rotatable bonds is 3. The Bertz CT molecular complexity index is 178. The smallest absolute Gasteiger partial charge is 0.161 e. The van der Waals surface area contributed by atoms with E-state index < -0.39 is 0 Å². The number of Topliss-reactive ketones (excluding diaryl/α,β-unsaturated/α-hetero) is 1. The summed E-state index contributed by atoms with van der Waals surface area (Å²) in [4.78, 5) is 11.0. The fraction of sp³-hybridized carbons (Fsp3) is 0.667. The van der Waals surface area contributed by atoms with Gasteiger partial charge in [0.05, 0.1) is 0 Å². The molecule has 0 aliphatic rings. The van der Waals surface area contributed by atoms with E-state index in [-0.39, 0.29) is 17.5 Å². The summed E-state index contributed by atoms with van der Waals surface area (Å²) >= 11 is 0. The number of aliphatic hydroxyl groups is 1. The first kappa shape index (κ1) is 10.2. The number of hydrogen-bond donors (Lipinski definition) is 1. The third kappa shape index (κ3) is 2.74. The van der Waals surface area contributed by atoms with Crippen molar-refractivity contribution in [2.75, 3.05) is 0 Å². The lowest BCUT2D eigenvalue weighted by Gasteiger charge is -2.06. The molecule has 0 aliphatic carbocycles. The van der Waals surface area contributed by atoms with Crippen molar-refractivity contribution in [3.8, 4) is 0 Å². The van der Waals surface area contributed by atoms with Crippen LogP contribution in [-0.2, 0) is 4.79 Å². The molecule has 11 heavy (non-hydrogen) atoms. The lowest BCUT2D eigenvalue weighted by Crippen LogP contribution is -2.05. The van der Waals surface area contributed by atoms with E-state index in [1.54, 1.807) is 13.8 Å². The second kappa shape index (κ2) is 4.16. The van der Waals surface area contributed by atoms with Crippen molar-refractivity contribution in [3.63, 3.8) is 0 Å². The predicted octanol–water partition coefficient (Wildman–Crippen LogP) is 2.45. The molecule has 0 aromatic rings. The highest BCUT2D eigenvalue weighted by Crippen LogP contribution is 2.12. The number of carbonyl (C=O) groups is 1. The van der Waals surface area contributed by atoms with Gasteiger partial charge in [-0.15, -0.1) is 0 Å². The predicted molar refractivity (Wildman–Crippen MR) is 45.5 cm³/mol. The van der Waals surface area contributed by atoms with E-state index in [1.807, 2.05) is 13.8 Å². The van der Waals surface area contributed by atoms with Crippen LogP contribution in [0.3, 0.4) is 0 Å². The van der Waals surface area contributed by atoms with E-state index in [2.05, 4.69) is 0 Å². The van der Waals surface area contributed by atoms with Crippen molar-refractivity contribution >= 4 is 5.78 Å². The van der Waals surface area contributed by atoms with Gasteiger partial charge in [-0.3, -0.25) is 4.79 Å². The van der Waals surface area contributed by atoms with Gasteiger partial charge in [-0.2, -0.15) is 0 Å². The van der Waals surface area contributed by atoms with E-state index in [0.29, 0.717) is 12.0 Å². The normalized spacial score (nSPS) is 13.2. The average molecular weight is 156 g/mol. The molecule has 2 nitrogen and oxygen atoms in total. The molecule has 0 aliphatic heterocycles. The minimum absolute atomic E-state index is 0.0243. The molecule has 0 radical (unpaired) electrons. The highest BCUT2D eigenvalue weighted by Gasteiger charge is 2.10. The average Bonchev–Trinajstić information content (AvgIpc) is 2.00. The maximum Gasteiger partial charge on any atom is 0.161 e. The molecule has 0 heterocycles. The molecule has 0 aromatic heterocycles. The zero-order chi connectivity index (χ0) is 9.02. The van der Waals surface area contributed by atoms with Gasteiger partial charge in [-0.1, -0.05) is 20.8 Å². The van der Waals surface area contributed by atoms with E-state index in [0.717, 1.165) is 0 Å². The van der Waals surface area contributed by atoms with Gasteiger partial charge in [0.1, 0.15) is 5.76 Å². The number of allylic oxidation sites excluding steroid dienone is 2. The van der Waals surface area contributed by atoms with Crippen LogP contribution < -0.4 is 0 Å². The Kier molecular flexibility index (Phi) is 3.86. The van der Waals surface area contributed by atoms with Crippen molar-refractivity contribution in [2.45, 2.75) is 34.1 Å². The molecular formula is C9H16O2. The van der Waals surface area contributed by atoms with Crippen LogP contribution in [0, 0.1) is 5.92 Å². The van der Waals surface area contributed by atoms with Crippen LogP contribution in [0.2, 0.25) is 0 Å². The zero-order valence-corrected chi connectivity index (χ0v) is 7.64. The maximum atomic E-state index is 11.0. The molecule has 64 valence electrons. The van der Waals surface area contributed by atoms with Crippen molar-refractivity contribution in [3.05, 3.63) is 11.3 Å². The minimum Gasteiger partial charge on any atom is -0.512 e. The summed E-state index contributed by atoms with van der Waals surface area (Å²) in [5, 5.41) is 9.36. The van der Waals surface area contributed by atoms with Gasteiger partial charge in [0.2, 0.25) is 0 Å². The monoisotopic (exact) mass is 156 g/mol.